The van der Waals surface area contributed by atoms with Crippen molar-refractivity contribution < 1.29 is 0 Å². The second kappa shape index (κ2) is 8.20. The molecule has 0 amide bonds. The largest absolute Gasteiger partial charge is 0.313 e. The van der Waals surface area contributed by atoms with Crippen LogP contribution in [-0.2, 0) is 6.42 Å². The summed E-state index contributed by atoms with van der Waals surface area (Å²) in [7, 11) is 1.99. The number of allylic oxidation sites excluding steroid dienone is 2. The Balaban J connectivity index is 2.26. The molecule has 0 radical (unpaired) electrons. The normalized spacial score (nSPS) is 17.7. The van der Waals surface area contributed by atoms with E-state index in [2.05, 4.69) is 47.1 Å². The van der Waals surface area contributed by atoms with E-state index >= 15 is 0 Å². The van der Waals surface area contributed by atoms with Crippen molar-refractivity contribution >= 4 is 23.5 Å². The molecule has 1 aromatic heterocycles. The van der Waals surface area contributed by atoms with Crippen molar-refractivity contribution in [3.63, 3.8) is 0 Å². The van der Waals surface area contributed by atoms with Gasteiger partial charge in [-0.2, -0.15) is 0 Å². The second-order valence-corrected chi connectivity index (χ2v) is 6.07. The summed E-state index contributed by atoms with van der Waals surface area (Å²) in [5.41, 5.74) is 3.50. The predicted molar refractivity (Wildman–Crippen MR) is 92.4 cm³/mol. The standard InChI is InChI=1S/C16H24N4S/c1-4-6-13-11-18-16(20-21-5-2)19-15(13)12-7-9-14(17-3)10-8-12/h7-9,11,14,17H,4-6,10H2,1-3H3,(H,18,19,20). The van der Waals surface area contributed by atoms with E-state index in [1.807, 2.05) is 13.2 Å². The highest BCUT2D eigenvalue weighted by molar-refractivity contribution is 8.00. The van der Waals surface area contributed by atoms with Crippen molar-refractivity contribution in [1.82, 2.24) is 15.3 Å². The molecule has 0 bridgehead atoms. The number of aromatic nitrogens is 2. The summed E-state index contributed by atoms with van der Waals surface area (Å²) < 4.78 is 3.19. The Bertz CT molecular complexity index is 525. The lowest BCUT2D eigenvalue weighted by Gasteiger charge is -2.17. The Kier molecular flexibility index (Phi) is 6.26. The third kappa shape index (κ3) is 4.32. The summed E-state index contributed by atoms with van der Waals surface area (Å²) in [5.74, 6) is 1.68. The van der Waals surface area contributed by atoms with Gasteiger partial charge in [0, 0.05) is 18.0 Å². The lowest BCUT2D eigenvalue weighted by Crippen LogP contribution is -2.23. The number of hydrogen-bond acceptors (Lipinski definition) is 5. The highest BCUT2D eigenvalue weighted by Crippen LogP contribution is 2.25. The molecule has 0 spiro atoms. The summed E-state index contributed by atoms with van der Waals surface area (Å²) in [6, 6.07) is 0.429. The van der Waals surface area contributed by atoms with Crippen LogP contribution < -0.4 is 10.0 Å². The van der Waals surface area contributed by atoms with E-state index < -0.39 is 0 Å². The Morgan fingerprint density at radius 2 is 2.24 bits per heavy atom. The minimum atomic E-state index is 0.429. The fourth-order valence-electron chi connectivity index (χ4n) is 2.30. The summed E-state index contributed by atoms with van der Waals surface area (Å²) >= 11 is 1.62. The van der Waals surface area contributed by atoms with Crippen LogP contribution >= 0.6 is 11.9 Å². The third-order valence-corrected chi connectivity index (χ3v) is 4.05. The van der Waals surface area contributed by atoms with E-state index in [1.165, 1.54) is 11.1 Å². The van der Waals surface area contributed by atoms with Gasteiger partial charge in [-0.3, -0.25) is 4.72 Å². The van der Waals surface area contributed by atoms with Crippen molar-refractivity contribution in [2.45, 2.75) is 39.2 Å². The molecule has 2 N–H and O–H groups in total. The SMILES string of the molecule is CCCc1cnc(NSCC)nc1C1=CCC(NC)C=C1. The van der Waals surface area contributed by atoms with Crippen LogP contribution in [-0.4, -0.2) is 28.8 Å². The van der Waals surface area contributed by atoms with E-state index in [4.69, 9.17) is 4.98 Å². The first-order valence-corrected chi connectivity index (χ1v) is 8.56. The second-order valence-electron chi connectivity index (χ2n) is 5.00. The quantitative estimate of drug-likeness (QED) is 0.756. The number of anilines is 1. The van der Waals surface area contributed by atoms with Crippen LogP contribution in [0.1, 0.15) is 37.9 Å². The Morgan fingerprint density at radius 1 is 1.38 bits per heavy atom. The molecule has 0 aliphatic heterocycles. The van der Waals surface area contributed by atoms with Gasteiger partial charge in [-0.25, -0.2) is 9.97 Å². The van der Waals surface area contributed by atoms with Gasteiger partial charge in [-0.1, -0.05) is 50.4 Å². The fourth-order valence-corrected chi connectivity index (χ4v) is 2.68. The monoisotopic (exact) mass is 304 g/mol. The van der Waals surface area contributed by atoms with E-state index in [1.54, 1.807) is 11.9 Å². The van der Waals surface area contributed by atoms with E-state index in [-0.39, 0.29) is 0 Å². The molecule has 1 heterocycles. The predicted octanol–water partition coefficient (Wildman–Crippen LogP) is 3.44. The molecule has 0 saturated carbocycles. The van der Waals surface area contributed by atoms with E-state index in [9.17, 15) is 0 Å². The maximum atomic E-state index is 4.72. The molecule has 0 fully saturated rings. The van der Waals surface area contributed by atoms with Gasteiger partial charge < -0.3 is 5.32 Å². The van der Waals surface area contributed by atoms with Gasteiger partial charge in [0.25, 0.3) is 0 Å². The maximum absolute atomic E-state index is 4.72. The lowest BCUT2D eigenvalue weighted by molar-refractivity contribution is 0.673. The van der Waals surface area contributed by atoms with Crippen LogP contribution in [0.15, 0.2) is 24.4 Å². The van der Waals surface area contributed by atoms with Crippen LogP contribution in [0, 0.1) is 0 Å². The van der Waals surface area contributed by atoms with Crippen molar-refractivity contribution in [3.05, 3.63) is 35.7 Å². The van der Waals surface area contributed by atoms with Crippen molar-refractivity contribution in [1.29, 1.82) is 0 Å². The van der Waals surface area contributed by atoms with Gasteiger partial charge in [0.2, 0.25) is 5.95 Å². The molecule has 1 aliphatic carbocycles. The number of nitrogens with zero attached hydrogens (tertiary/aromatic N) is 2. The van der Waals surface area contributed by atoms with E-state index in [0.717, 1.165) is 30.7 Å². The van der Waals surface area contributed by atoms with Crippen LogP contribution in [0.25, 0.3) is 5.57 Å². The highest BCUT2D eigenvalue weighted by atomic mass is 32.2. The summed E-state index contributed by atoms with van der Waals surface area (Å²) in [6.07, 6.45) is 11.7. The van der Waals surface area contributed by atoms with Crippen molar-refractivity contribution in [2.24, 2.45) is 0 Å². The van der Waals surface area contributed by atoms with Gasteiger partial charge in [-0.05, 0) is 31.0 Å². The zero-order valence-corrected chi connectivity index (χ0v) is 13.8. The molecule has 1 unspecified atom stereocenters. The Labute approximate surface area is 131 Å². The van der Waals surface area contributed by atoms with Gasteiger partial charge in [-0.15, -0.1) is 0 Å². The molecule has 1 aromatic rings. The van der Waals surface area contributed by atoms with Crippen LogP contribution in [0.2, 0.25) is 0 Å². The molecular formula is C16H24N4S. The summed E-state index contributed by atoms with van der Waals surface area (Å²) in [6.45, 7) is 4.29. The molecular weight excluding hydrogens is 280 g/mol. The molecule has 0 aromatic carbocycles. The molecule has 2 rings (SSSR count). The van der Waals surface area contributed by atoms with Gasteiger partial charge >= 0.3 is 0 Å². The highest BCUT2D eigenvalue weighted by Gasteiger charge is 2.13. The molecule has 5 heteroatoms. The van der Waals surface area contributed by atoms with Gasteiger partial charge in [0.15, 0.2) is 0 Å². The van der Waals surface area contributed by atoms with Crippen molar-refractivity contribution in [3.8, 4) is 0 Å². The first-order valence-electron chi connectivity index (χ1n) is 7.58. The van der Waals surface area contributed by atoms with Crippen LogP contribution in [0.5, 0.6) is 0 Å². The summed E-state index contributed by atoms with van der Waals surface area (Å²) in [5, 5.41) is 3.28. The molecule has 1 atom stereocenters. The van der Waals surface area contributed by atoms with Crippen LogP contribution in [0.4, 0.5) is 5.95 Å². The average molecular weight is 304 g/mol. The molecule has 4 nitrogen and oxygen atoms in total. The minimum absolute atomic E-state index is 0.429. The molecule has 1 aliphatic rings. The Morgan fingerprint density at radius 3 is 2.86 bits per heavy atom. The number of likely N-dealkylation sites (N-methyl/N-ethyl adjacent to an activating group) is 1. The first kappa shape index (κ1) is 16.0. The third-order valence-electron chi connectivity index (χ3n) is 3.44. The molecule has 0 saturated heterocycles. The van der Waals surface area contributed by atoms with Crippen LogP contribution in [0.3, 0.4) is 0 Å². The first-order chi connectivity index (χ1) is 10.3. The fraction of sp³-hybridized carbons (Fsp3) is 0.500. The average Bonchev–Trinajstić information content (AvgIpc) is 2.54. The van der Waals surface area contributed by atoms with Crippen molar-refractivity contribution in [2.75, 3.05) is 17.5 Å². The molecule has 114 valence electrons. The molecule has 21 heavy (non-hydrogen) atoms. The lowest BCUT2D eigenvalue weighted by atomic mass is 9.97. The summed E-state index contributed by atoms with van der Waals surface area (Å²) in [4.78, 5) is 9.14. The number of aryl methyl sites for hydroxylation is 1. The van der Waals surface area contributed by atoms with Gasteiger partial charge in [0.1, 0.15) is 0 Å². The zero-order chi connectivity index (χ0) is 15.1. The Hall–Kier alpha value is -1.33. The smallest absolute Gasteiger partial charge is 0.233 e. The van der Waals surface area contributed by atoms with E-state index in [0.29, 0.717) is 12.0 Å². The maximum Gasteiger partial charge on any atom is 0.233 e. The topological polar surface area (TPSA) is 49.8 Å². The zero-order valence-electron chi connectivity index (χ0n) is 13.0. The van der Waals surface area contributed by atoms with Gasteiger partial charge in [0.05, 0.1) is 5.69 Å². The minimum Gasteiger partial charge on any atom is -0.313 e. The number of hydrogen-bond donors (Lipinski definition) is 2. The number of nitrogens with one attached hydrogen (secondary N) is 2. The number of rotatable bonds is 7.